The van der Waals surface area contributed by atoms with E-state index < -0.39 is 5.97 Å². The van der Waals surface area contributed by atoms with Crippen LogP contribution in [0.2, 0.25) is 0 Å². The quantitative estimate of drug-likeness (QED) is 0.499. The van der Waals surface area contributed by atoms with Crippen molar-refractivity contribution in [3.63, 3.8) is 0 Å². The molecule has 0 aliphatic carbocycles. The highest BCUT2D eigenvalue weighted by atomic mass is 16.5. The number of anilines is 1. The third-order valence-corrected chi connectivity index (χ3v) is 4.39. The average Bonchev–Trinajstić information content (AvgIpc) is 3.30. The van der Waals surface area contributed by atoms with Gasteiger partial charge >= 0.3 is 5.97 Å². The van der Waals surface area contributed by atoms with E-state index in [9.17, 15) is 9.59 Å². The van der Waals surface area contributed by atoms with Crippen LogP contribution in [0.4, 0.5) is 5.69 Å². The minimum atomic E-state index is -0.435. The van der Waals surface area contributed by atoms with Gasteiger partial charge in [-0.25, -0.2) is 4.79 Å². The van der Waals surface area contributed by atoms with Crippen molar-refractivity contribution < 1.29 is 18.8 Å². The van der Waals surface area contributed by atoms with Crippen LogP contribution < -0.4 is 5.32 Å². The van der Waals surface area contributed by atoms with Gasteiger partial charge in [0.05, 0.1) is 12.7 Å². The molecule has 0 aliphatic heterocycles. The molecule has 0 aliphatic rings. The predicted molar refractivity (Wildman–Crippen MR) is 111 cm³/mol. The van der Waals surface area contributed by atoms with Crippen molar-refractivity contribution in [3.05, 3.63) is 90.0 Å². The number of hydrogen-bond donors (Lipinski definition) is 1. The Morgan fingerprint density at radius 2 is 1.60 bits per heavy atom. The van der Waals surface area contributed by atoms with Crippen molar-refractivity contribution in [1.29, 1.82) is 0 Å². The van der Waals surface area contributed by atoms with Crippen molar-refractivity contribution >= 4 is 17.6 Å². The molecule has 4 aromatic rings. The SMILES string of the molecule is COC(=O)c1ccc(NC(=O)c2cccc(-c3nc(-c4ccccc4)no3)c2)cc1. The normalized spacial score (nSPS) is 10.4. The lowest BCUT2D eigenvalue weighted by Gasteiger charge is -2.07. The first kappa shape index (κ1) is 19.1. The molecule has 0 saturated carbocycles. The van der Waals surface area contributed by atoms with Gasteiger partial charge in [0, 0.05) is 22.4 Å². The highest BCUT2D eigenvalue weighted by Crippen LogP contribution is 2.23. The third kappa shape index (κ3) is 4.10. The lowest BCUT2D eigenvalue weighted by molar-refractivity contribution is 0.0600. The molecule has 1 aromatic heterocycles. The fraction of sp³-hybridized carbons (Fsp3) is 0.0435. The highest BCUT2D eigenvalue weighted by molar-refractivity contribution is 6.05. The lowest BCUT2D eigenvalue weighted by Crippen LogP contribution is -2.12. The maximum absolute atomic E-state index is 12.6. The summed E-state index contributed by atoms with van der Waals surface area (Å²) in [5, 5.41) is 6.80. The van der Waals surface area contributed by atoms with Crippen LogP contribution in [0.1, 0.15) is 20.7 Å². The number of carbonyl (C=O) groups is 2. The first-order valence-electron chi connectivity index (χ1n) is 9.13. The zero-order valence-electron chi connectivity index (χ0n) is 16.0. The molecule has 0 fully saturated rings. The average molecular weight is 399 g/mol. The zero-order chi connectivity index (χ0) is 20.9. The van der Waals surface area contributed by atoms with E-state index in [-0.39, 0.29) is 5.91 Å². The zero-order valence-corrected chi connectivity index (χ0v) is 16.0. The Morgan fingerprint density at radius 3 is 2.33 bits per heavy atom. The van der Waals surface area contributed by atoms with Gasteiger partial charge in [-0.1, -0.05) is 41.6 Å². The molecule has 4 rings (SSSR count). The molecule has 3 aromatic carbocycles. The van der Waals surface area contributed by atoms with Crippen molar-refractivity contribution in [2.45, 2.75) is 0 Å². The Kier molecular flexibility index (Phi) is 5.34. The van der Waals surface area contributed by atoms with Crippen molar-refractivity contribution in [2.24, 2.45) is 0 Å². The summed E-state index contributed by atoms with van der Waals surface area (Å²) in [5.41, 5.74) is 2.88. The molecule has 148 valence electrons. The maximum atomic E-state index is 12.6. The molecular formula is C23H17N3O4. The molecule has 0 atom stereocenters. The number of esters is 1. The highest BCUT2D eigenvalue weighted by Gasteiger charge is 2.13. The molecule has 0 unspecified atom stereocenters. The summed E-state index contributed by atoms with van der Waals surface area (Å²) < 4.78 is 10.0. The maximum Gasteiger partial charge on any atom is 0.337 e. The van der Waals surface area contributed by atoms with Crippen LogP contribution in [0.25, 0.3) is 22.8 Å². The van der Waals surface area contributed by atoms with Crippen molar-refractivity contribution in [3.8, 4) is 22.8 Å². The minimum Gasteiger partial charge on any atom is -0.465 e. The van der Waals surface area contributed by atoms with Crippen LogP contribution in [0.15, 0.2) is 83.4 Å². The number of nitrogens with one attached hydrogen (secondary N) is 1. The number of benzene rings is 3. The fourth-order valence-corrected chi connectivity index (χ4v) is 2.85. The number of ether oxygens (including phenoxy) is 1. The predicted octanol–water partition coefficient (Wildman–Crippen LogP) is 4.44. The summed E-state index contributed by atoms with van der Waals surface area (Å²) in [6, 6.07) is 22.8. The van der Waals surface area contributed by atoms with Crippen LogP contribution in [0, 0.1) is 0 Å². The van der Waals surface area contributed by atoms with E-state index in [1.807, 2.05) is 30.3 Å². The van der Waals surface area contributed by atoms with Gasteiger partial charge in [0.15, 0.2) is 0 Å². The summed E-state index contributed by atoms with van der Waals surface area (Å²) in [7, 11) is 1.32. The molecule has 1 amide bonds. The number of hydrogen-bond acceptors (Lipinski definition) is 6. The van der Waals surface area contributed by atoms with Gasteiger partial charge in [-0.2, -0.15) is 4.98 Å². The van der Waals surface area contributed by atoms with Gasteiger partial charge < -0.3 is 14.6 Å². The molecule has 0 radical (unpaired) electrons. The van der Waals surface area contributed by atoms with Gasteiger partial charge in [-0.05, 0) is 42.5 Å². The van der Waals surface area contributed by atoms with E-state index in [2.05, 4.69) is 20.2 Å². The second-order valence-electron chi connectivity index (χ2n) is 6.39. The lowest BCUT2D eigenvalue weighted by atomic mass is 10.1. The van der Waals surface area contributed by atoms with Gasteiger partial charge in [0.25, 0.3) is 11.8 Å². The molecule has 0 saturated heterocycles. The van der Waals surface area contributed by atoms with Gasteiger partial charge in [0.2, 0.25) is 5.82 Å². The molecule has 0 bridgehead atoms. The molecule has 7 nitrogen and oxygen atoms in total. The summed E-state index contributed by atoms with van der Waals surface area (Å²) >= 11 is 0. The summed E-state index contributed by atoms with van der Waals surface area (Å²) in [6.45, 7) is 0. The summed E-state index contributed by atoms with van der Waals surface area (Å²) in [4.78, 5) is 28.5. The molecule has 1 heterocycles. The van der Waals surface area contributed by atoms with Gasteiger partial charge in [-0.15, -0.1) is 0 Å². The fourth-order valence-electron chi connectivity index (χ4n) is 2.85. The topological polar surface area (TPSA) is 94.3 Å². The Bertz CT molecular complexity index is 1180. The van der Waals surface area contributed by atoms with Crippen LogP contribution in [0.3, 0.4) is 0 Å². The minimum absolute atomic E-state index is 0.300. The number of rotatable bonds is 5. The Morgan fingerprint density at radius 1 is 0.867 bits per heavy atom. The van der Waals surface area contributed by atoms with E-state index in [1.54, 1.807) is 48.5 Å². The molecular weight excluding hydrogens is 382 g/mol. The summed E-state index contributed by atoms with van der Waals surface area (Å²) in [5.74, 6) is 0.0672. The number of nitrogens with zero attached hydrogens (tertiary/aromatic N) is 2. The Hall–Kier alpha value is -4.26. The largest absolute Gasteiger partial charge is 0.465 e. The van der Waals surface area contributed by atoms with Crippen LogP contribution in [-0.2, 0) is 4.74 Å². The molecule has 1 N–H and O–H groups in total. The van der Waals surface area contributed by atoms with Gasteiger partial charge in [0.1, 0.15) is 0 Å². The number of methoxy groups -OCH3 is 1. The van der Waals surface area contributed by atoms with Crippen molar-refractivity contribution in [2.75, 3.05) is 12.4 Å². The van der Waals surface area contributed by atoms with Crippen LogP contribution in [0.5, 0.6) is 0 Å². The molecule has 30 heavy (non-hydrogen) atoms. The van der Waals surface area contributed by atoms with Gasteiger partial charge in [-0.3, -0.25) is 4.79 Å². The second kappa shape index (κ2) is 8.40. The summed E-state index contributed by atoms with van der Waals surface area (Å²) in [6.07, 6.45) is 0. The number of carbonyl (C=O) groups excluding carboxylic acids is 2. The molecule has 7 heteroatoms. The van der Waals surface area contributed by atoms with E-state index >= 15 is 0 Å². The van der Waals surface area contributed by atoms with Crippen LogP contribution >= 0.6 is 0 Å². The van der Waals surface area contributed by atoms with Crippen LogP contribution in [-0.4, -0.2) is 29.1 Å². The Labute approximate surface area is 172 Å². The van der Waals surface area contributed by atoms with E-state index in [1.165, 1.54) is 7.11 Å². The monoisotopic (exact) mass is 399 g/mol. The second-order valence-corrected chi connectivity index (χ2v) is 6.39. The third-order valence-electron chi connectivity index (χ3n) is 4.39. The Balaban J connectivity index is 1.51. The smallest absolute Gasteiger partial charge is 0.337 e. The molecule has 0 spiro atoms. The number of amides is 1. The van der Waals surface area contributed by atoms with E-state index in [0.29, 0.717) is 34.1 Å². The van der Waals surface area contributed by atoms with Crippen molar-refractivity contribution in [1.82, 2.24) is 10.1 Å². The van der Waals surface area contributed by atoms with E-state index in [0.717, 1.165) is 5.56 Å². The first-order chi connectivity index (χ1) is 14.6. The standard InChI is InChI=1S/C23H17N3O4/c1-29-23(28)16-10-12-19(13-11-16)24-21(27)17-8-5-9-18(14-17)22-25-20(26-30-22)15-6-3-2-4-7-15/h2-14H,1H3,(H,24,27). The van der Waals surface area contributed by atoms with E-state index in [4.69, 9.17) is 4.52 Å². The first-order valence-corrected chi connectivity index (χ1v) is 9.13. The number of aromatic nitrogens is 2.